The minimum atomic E-state index is 0. The number of fused-ring (bicyclic) bond motifs is 18. The van der Waals surface area contributed by atoms with Crippen molar-refractivity contribution in [1.29, 1.82) is 0 Å². The van der Waals surface area contributed by atoms with Crippen molar-refractivity contribution in [3.8, 4) is 74.0 Å². The van der Waals surface area contributed by atoms with Crippen molar-refractivity contribution in [2.75, 3.05) is 0 Å². The second-order valence-corrected chi connectivity index (χ2v) is 24.7. The number of aromatic amines is 1. The van der Waals surface area contributed by atoms with Gasteiger partial charge in [-0.05, 0) is 77.5 Å². The van der Waals surface area contributed by atoms with Crippen LogP contribution in [0.4, 0.5) is 0 Å². The maximum absolute atomic E-state index is 6.60. The fourth-order valence-corrected chi connectivity index (χ4v) is 14.1. The van der Waals surface area contributed by atoms with E-state index in [-0.39, 0.29) is 7.43 Å². The van der Waals surface area contributed by atoms with Crippen LogP contribution >= 0.6 is 15.9 Å². The van der Waals surface area contributed by atoms with E-state index in [9.17, 15) is 0 Å². The number of para-hydroxylation sites is 5. The lowest BCUT2D eigenvalue weighted by atomic mass is 10.0. The number of nitrogens with zero attached hydrogens (tertiary/aromatic N) is 7. The molecule has 20 aromatic rings. The SMILES string of the molecule is Brc1ccccc1-c1nc(-c2ccccc2)nc(-c2ccccc2)n1.[CH3-].c1ccc(-c2nc(-c3ccccc3)nc(-c3ccccc3-n3c4ccccc4c4c5c(ccc6c7ccccc7oc65)ccc43)n2)cc1.c1ccc2c(c1)[nH]c1ccc3ccc4c5ccccc5oc4c3c12. The first kappa shape index (κ1) is 59.1. The van der Waals surface area contributed by atoms with Gasteiger partial charge in [-0.3, -0.25) is 0 Å². The molecule has 0 radical (unpaired) electrons. The Hall–Kier alpha value is -12.7. The van der Waals surface area contributed by atoms with E-state index in [1.54, 1.807) is 0 Å². The summed E-state index contributed by atoms with van der Waals surface area (Å²) in [6.45, 7) is 0. The highest BCUT2D eigenvalue weighted by Crippen LogP contribution is 2.45. The Balaban J connectivity index is 0.000000121. The van der Waals surface area contributed by atoms with Crippen LogP contribution in [0, 0.1) is 7.43 Å². The Kier molecular flexibility index (Phi) is 15.0. The average molecular weight is 1330 g/mol. The third-order valence-electron chi connectivity index (χ3n) is 18.1. The lowest BCUT2D eigenvalue weighted by Crippen LogP contribution is -2.03. The second kappa shape index (κ2) is 24.9. The molecule has 464 valence electrons. The van der Waals surface area contributed by atoms with Crippen LogP contribution in [0.15, 0.2) is 329 Å². The molecule has 98 heavy (non-hydrogen) atoms. The molecule has 0 aliphatic carbocycles. The van der Waals surface area contributed by atoms with Crippen molar-refractivity contribution >= 4 is 125 Å². The highest BCUT2D eigenvalue weighted by atomic mass is 79.9. The number of rotatable bonds is 7. The van der Waals surface area contributed by atoms with Crippen molar-refractivity contribution in [2.45, 2.75) is 0 Å². The molecule has 0 aliphatic heterocycles. The zero-order valence-corrected chi connectivity index (χ0v) is 54.4. The summed E-state index contributed by atoms with van der Waals surface area (Å²) >= 11 is 3.59. The minimum absolute atomic E-state index is 0. The molecule has 6 heterocycles. The number of hydrogen-bond donors (Lipinski definition) is 1. The summed E-state index contributed by atoms with van der Waals surface area (Å²) in [6.07, 6.45) is 0. The highest BCUT2D eigenvalue weighted by molar-refractivity contribution is 9.10. The minimum Gasteiger partial charge on any atom is -0.455 e. The largest absolute Gasteiger partial charge is 0.455 e. The van der Waals surface area contributed by atoms with Gasteiger partial charge in [0.25, 0.3) is 0 Å². The van der Waals surface area contributed by atoms with Crippen molar-refractivity contribution in [2.24, 2.45) is 0 Å². The topological polar surface area (TPSA) is 124 Å². The van der Waals surface area contributed by atoms with Gasteiger partial charge in [-0.2, -0.15) is 0 Å². The Labute approximate surface area is 571 Å². The summed E-state index contributed by atoms with van der Waals surface area (Å²) in [6, 6.07) is 108. The van der Waals surface area contributed by atoms with Gasteiger partial charge in [0.15, 0.2) is 34.9 Å². The summed E-state index contributed by atoms with van der Waals surface area (Å²) in [4.78, 5) is 32.8. The number of hydrogen-bond acceptors (Lipinski definition) is 8. The van der Waals surface area contributed by atoms with Crippen molar-refractivity contribution < 1.29 is 8.83 Å². The number of aromatic nitrogens is 8. The Morgan fingerprint density at radius 2 is 0.673 bits per heavy atom. The van der Waals surface area contributed by atoms with Crippen molar-refractivity contribution in [3.63, 3.8) is 0 Å². The van der Waals surface area contributed by atoms with Crippen LogP contribution in [-0.4, -0.2) is 39.5 Å². The summed E-state index contributed by atoms with van der Waals surface area (Å²) in [5.41, 5.74) is 14.9. The molecular weight excluding hydrogens is 1270 g/mol. The number of nitrogens with one attached hydrogen (secondary N) is 1. The van der Waals surface area contributed by atoms with Gasteiger partial charge in [0.1, 0.15) is 22.3 Å². The normalized spacial score (nSPS) is 11.4. The fourth-order valence-electron chi connectivity index (χ4n) is 13.6. The molecule has 0 amide bonds. The molecule has 6 aromatic heterocycles. The molecule has 0 unspecified atom stereocenters. The van der Waals surface area contributed by atoms with E-state index in [1.165, 1.54) is 32.3 Å². The van der Waals surface area contributed by atoms with Crippen LogP contribution in [0.25, 0.3) is 183 Å². The molecule has 0 saturated carbocycles. The number of furan rings is 2. The maximum Gasteiger partial charge on any atom is 0.166 e. The van der Waals surface area contributed by atoms with Gasteiger partial charge < -0.3 is 25.8 Å². The Bertz CT molecular complexity index is 6290. The van der Waals surface area contributed by atoms with E-state index >= 15 is 0 Å². The fraction of sp³-hybridized carbons (Fsp3) is 0. The molecule has 0 atom stereocenters. The molecule has 0 bridgehead atoms. The zero-order valence-electron chi connectivity index (χ0n) is 52.8. The van der Waals surface area contributed by atoms with Crippen LogP contribution in [0.5, 0.6) is 0 Å². The number of H-pyrrole nitrogens is 1. The molecule has 11 heteroatoms. The predicted molar refractivity (Wildman–Crippen MR) is 406 cm³/mol. The first-order valence-electron chi connectivity index (χ1n) is 32.1. The van der Waals surface area contributed by atoms with Gasteiger partial charge in [0.05, 0.1) is 16.7 Å². The summed E-state index contributed by atoms with van der Waals surface area (Å²) in [5, 5.41) is 14.1. The molecular formula is C87H56BrN8O2-. The monoisotopic (exact) mass is 1320 g/mol. The summed E-state index contributed by atoms with van der Waals surface area (Å²) < 4.78 is 16.2. The molecule has 10 nitrogen and oxygen atoms in total. The zero-order chi connectivity index (χ0) is 64.3. The lowest BCUT2D eigenvalue weighted by molar-refractivity contribution is 0.672. The van der Waals surface area contributed by atoms with E-state index in [0.29, 0.717) is 34.9 Å². The van der Waals surface area contributed by atoms with Crippen LogP contribution < -0.4 is 0 Å². The molecule has 0 saturated heterocycles. The second-order valence-electron chi connectivity index (χ2n) is 23.8. The molecule has 14 aromatic carbocycles. The van der Waals surface area contributed by atoms with E-state index < -0.39 is 0 Å². The van der Waals surface area contributed by atoms with Crippen molar-refractivity contribution in [3.05, 3.63) is 327 Å². The molecule has 0 spiro atoms. The Morgan fingerprint density at radius 3 is 1.21 bits per heavy atom. The standard InChI is InChI=1S/C43H26N4O.C22H13NO.C21H14BrN3.CH3/c1-3-13-28(14-4-1)41-44-42(29-15-5-2-6-16-29)46-43(45-41)33-19-8-11-21-35(33)47-34-20-10-7-18-32(34)39-36(47)26-24-27-23-25-31-30-17-9-12-22-37(30)48-40(31)38(27)39;1-3-7-17-16(6-1)21-18(23-17)12-10-13-9-11-15-14-5-2-4-8-19(14)24-22(15)20(13)21;22-18-14-8-7-13-17(18)21-24-19(15-9-3-1-4-10-15)23-20(25-21)16-11-5-2-6-12-16;/h1-26H;1-12,23H;1-14H;1H3/q;;;-1. The van der Waals surface area contributed by atoms with Crippen LogP contribution in [0.3, 0.4) is 0 Å². The van der Waals surface area contributed by atoms with Gasteiger partial charge in [-0.1, -0.05) is 265 Å². The average Bonchev–Trinajstić information content (AvgIpc) is 1.55. The first-order chi connectivity index (χ1) is 48.0. The van der Waals surface area contributed by atoms with Gasteiger partial charge in [0.2, 0.25) is 0 Å². The van der Waals surface area contributed by atoms with Crippen LogP contribution in [0.2, 0.25) is 0 Å². The molecule has 0 fully saturated rings. The summed E-state index contributed by atoms with van der Waals surface area (Å²) in [5.74, 6) is 3.87. The molecule has 0 aliphatic rings. The highest BCUT2D eigenvalue weighted by Gasteiger charge is 2.23. The predicted octanol–water partition coefficient (Wildman–Crippen LogP) is 23.5. The van der Waals surface area contributed by atoms with Crippen molar-refractivity contribution in [1.82, 2.24) is 39.5 Å². The van der Waals surface area contributed by atoms with E-state index in [1.807, 2.05) is 176 Å². The van der Waals surface area contributed by atoms with Gasteiger partial charge >= 0.3 is 0 Å². The van der Waals surface area contributed by atoms with Gasteiger partial charge in [-0.25, -0.2) is 29.9 Å². The molecule has 20 rings (SSSR count). The van der Waals surface area contributed by atoms with Gasteiger partial charge in [0, 0.05) is 103 Å². The molecule has 1 N–H and O–H groups in total. The first-order valence-corrected chi connectivity index (χ1v) is 32.9. The van der Waals surface area contributed by atoms with E-state index in [4.69, 9.17) is 38.7 Å². The third kappa shape index (κ3) is 10.4. The quantitative estimate of drug-likeness (QED) is 0.157. The smallest absolute Gasteiger partial charge is 0.166 e. The number of benzene rings is 14. The lowest BCUT2D eigenvalue weighted by Gasteiger charge is -2.14. The van der Waals surface area contributed by atoms with Gasteiger partial charge in [-0.15, -0.1) is 0 Å². The van der Waals surface area contributed by atoms with E-state index in [0.717, 1.165) is 120 Å². The van der Waals surface area contributed by atoms with E-state index in [2.05, 4.69) is 165 Å². The third-order valence-corrected chi connectivity index (χ3v) is 18.7. The maximum atomic E-state index is 6.60. The Morgan fingerprint density at radius 1 is 0.276 bits per heavy atom. The van der Waals surface area contributed by atoms with Crippen LogP contribution in [-0.2, 0) is 0 Å². The number of halogens is 1. The van der Waals surface area contributed by atoms with Crippen LogP contribution in [0.1, 0.15) is 0 Å². The summed E-state index contributed by atoms with van der Waals surface area (Å²) in [7, 11) is 0.